The predicted molar refractivity (Wildman–Crippen MR) is 112 cm³/mol. The van der Waals surface area contributed by atoms with Crippen LogP contribution in [0.4, 0.5) is 17.6 Å². The van der Waals surface area contributed by atoms with Gasteiger partial charge in [0.25, 0.3) is 18.3 Å². The molecule has 3 heterocycles. The fourth-order valence-electron chi connectivity index (χ4n) is 3.57. The summed E-state index contributed by atoms with van der Waals surface area (Å²) in [6, 6.07) is 9.02. The minimum atomic E-state index is -3.00. The summed E-state index contributed by atoms with van der Waals surface area (Å²) in [7, 11) is 0. The summed E-state index contributed by atoms with van der Waals surface area (Å²) in [6.07, 6.45) is 1.67. The molecule has 4 rings (SSSR count). The lowest BCUT2D eigenvalue weighted by molar-refractivity contribution is -0.0449. The molecule has 0 saturated heterocycles. The van der Waals surface area contributed by atoms with E-state index in [-0.39, 0.29) is 23.8 Å². The molecular formula is C23H22F4N4O2. The lowest BCUT2D eigenvalue weighted by Gasteiger charge is -2.17. The van der Waals surface area contributed by atoms with Gasteiger partial charge in [-0.3, -0.25) is 9.48 Å². The topological polar surface area (TPSA) is 60.2 Å². The molecule has 6 nitrogen and oxygen atoms in total. The Morgan fingerprint density at radius 1 is 1.15 bits per heavy atom. The molecule has 1 aliphatic rings. The molecule has 0 spiro atoms. The van der Waals surface area contributed by atoms with Gasteiger partial charge in [0.15, 0.2) is 6.61 Å². The summed E-state index contributed by atoms with van der Waals surface area (Å²) in [4.78, 5) is 18.5. The van der Waals surface area contributed by atoms with Crippen LogP contribution in [0.15, 0.2) is 48.9 Å². The van der Waals surface area contributed by atoms with E-state index in [1.807, 2.05) is 24.3 Å². The first-order valence-corrected chi connectivity index (χ1v) is 10.4. The van der Waals surface area contributed by atoms with E-state index in [0.29, 0.717) is 24.2 Å². The highest BCUT2D eigenvalue weighted by Gasteiger charge is 2.34. The number of ether oxygens (including phenoxy) is 1. The van der Waals surface area contributed by atoms with Gasteiger partial charge in [0.2, 0.25) is 5.88 Å². The second-order valence-corrected chi connectivity index (χ2v) is 7.85. The number of benzene rings is 1. The number of amides is 1. The molecule has 174 valence electrons. The number of hydrogen-bond acceptors (Lipinski definition) is 4. The quantitative estimate of drug-likeness (QED) is 0.429. The Bertz CT molecular complexity index is 1130. The summed E-state index contributed by atoms with van der Waals surface area (Å²) in [5.74, 6) is -3.40. The summed E-state index contributed by atoms with van der Waals surface area (Å²) in [6.45, 7) is 0.685. The molecule has 2 aromatic heterocycles. The van der Waals surface area contributed by atoms with Gasteiger partial charge in [-0.1, -0.05) is 31.2 Å². The Balaban J connectivity index is 1.44. The zero-order valence-electron chi connectivity index (χ0n) is 17.8. The van der Waals surface area contributed by atoms with E-state index in [4.69, 9.17) is 4.74 Å². The average molecular weight is 462 g/mol. The molecule has 0 bridgehead atoms. The van der Waals surface area contributed by atoms with E-state index >= 15 is 0 Å². The Morgan fingerprint density at radius 2 is 1.91 bits per heavy atom. The third-order valence-electron chi connectivity index (χ3n) is 5.42. The zero-order valence-corrected chi connectivity index (χ0v) is 17.8. The first-order valence-electron chi connectivity index (χ1n) is 10.4. The van der Waals surface area contributed by atoms with Gasteiger partial charge in [-0.2, -0.15) is 5.10 Å². The molecule has 10 heteroatoms. The predicted octanol–water partition coefficient (Wildman–Crippen LogP) is 4.79. The second kappa shape index (κ2) is 9.21. The van der Waals surface area contributed by atoms with E-state index in [9.17, 15) is 22.4 Å². The van der Waals surface area contributed by atoms with Gasteiger partial charge in [0, 0.05) is 37.5 Å². The summed E-state index contributed by atoms with van der Waals surface area (Å²) in [5, 5.41) is 3.93. The molecular weight excluding hydrogens is 440 g/mol. The van der Waals surface area contributed by atoms with Crippen molar-refractivity contribution in [1.29, 1.82) is 0 Å². The van der Waals surface area contributed by atoms with Crippen LogP contribution in [0.5, 0.6) is 5.88 Å². The maximum absolute atomic E-state index is 13.6. The van der Waals surface area contributed by atoms with Crippen LogP contribution in [-0.2, 0) is 19.6 Å². The van der Waals surface area contributed by atoms with Gasteiger partial charge in [-0.15, -0.1) is 0 Å². The van der Waals surface area contributed by atoms with Gasteiger partial charge in [0.05, 0.1) is 6.20 Å². The molecule has 0 radical (unpaired) electrons. The lowest BCUT2D eigenvalue weighted by atomic mass is 10.1. The van der Waals surface area contributed by atoms with Gasteiger partial charge in [-0.05, 0) is 22.8 Å². The van der Waals surface area contributed by atoms with Crippen molar-refractivity contribution in [3.63, 3.8) is 0 Å². The Hall–Kier alpha value is -3.43. The van der Waals surface area contributed by atoms with E-state index in [0.717, 1.165) is 11.1 Å². The summed E-state index contributed by atoms with van der Waals surface area (Å²) in [5.41, 5.74) is 3.27. The molecule has 0 unspecified atom stereocenters. The van der Waals surface area contributed by atoms with E-state index in [2.05, 4.69) is 10.1 Å². The zero-order chi connectivity index (χ0) is 23.6. The van der Waals surface area contributed by atoms with Gasteiger partial charge < -0.3 is 9.64 Å². The van der Waals surface area contributed by atoms with Gasteiger partial charge >= 0.3 is 0 Å². The molecule has 33 heavy (non-hydrogen) atoms. The maximum atomic E-state index is 13.6. The molecule has 0 aliphatic carbocycles. The molecule has 1 aromatic carbocycles. The molecule has 0 N–H and O–H groups in total. The molecule has 1 aliphatic heterocycles. The third-order valence-corrected chi connectivity index (χ3v) is 5.42. The summed E-state index contributed by atoms with van der Waals surface area (Å²) >= 11 is 0. The van der Waals surface area contributed by atoms with Crippen LogP contribution in [0.1, 0.15) is 34.8 Å². The number of carbonyl (C=O) groups excluding carboxylic acids is 1. The first kappa shape index (κ1) is 22.8. The van der Waals surface area contributed by atoms with E-state index < -0.39 is 25.5 Å². The highest BCUT2D eigenvalue weighted by molar-refractivity contribution is 6.00. The van der Waals surface area contributed by atoms with Crippen molar-refractivity contribution in [3.8, 4) is 17.0 Å². The van der Waals surface area contributed by atoms with E-state index in [1.165, 1.54) is 24.0 Å². The van der Waals surface area contributed by atoms with Crippen LogP contribution in [0.25, 0.3) is 11.1 Å². The van der Waals surface area contributed by atoms with Crippen molar-refractivity contribution >= 4 is 5.91 Å². The number of alkyl halides is 4. The van der Waals surface area contributed by atoms with Crippen LogP contribution in [0.2, 0.25) is 0 Å². The molecule has 1 amide bonds. The fourth-order valence-corrected chi connectivity index (χ4v) is 3.57. The minimum Gasteiger partial charge on any atom is -0.471 e. The summed E-state index contributed by atoms with van der Waals surface area (Å²) < 4.78 is 58.6. The fraction of sp³-hybridized carbons (Fsp3) is 0.348. The number of carbonyl (C=O) groups is 1. The number of fused-ring (bicyclic) bond motifs is 1. The monoisotopic (exact) mass is 462 g/mol. The van der Waals surface area contributed by atoms with Crippen LogP contribution in [-0.4, -0.2) is 44.5 Å². The standard InChI is InChI=1S/C23H22F4N4O2/c1-2-23(26,27)14-33-21-20-17(7-8-28-21)11-30(22(20)32)10-15-3-5-16(6-4-15)18-9-29-31(12-18)13-19(24)25/h3-9,12,19H,2,10-11,13-14H2,1H3. The van der Waals surface area contributed by atoms with Crippen molar-refractivity contribution in [3.05, 3.63) is 65.6 Å². The Morgan fingerprint density at radius 3 is 2.61 bits per heavy atom. The molecule has 0 fully saturated rings. The SMILES string of the molecule is CCC(F)(F)COc1nccc2c1C(=O)N(Cc1ccc(-c3cnn(CC(F)F)c3)cc1)C2. The minimum absolute atomic E-state index is 0.0794. The van der Waals surface area contributed by atoms with Crippen molar-refractivity contribution in [1.82, 2.24) is 19.7 Å². The average Bonchev–Trinajstić information content (AvgIpc) is 3.37. The highest BCUT2D eigenvalue weighted by Crippen LogP contribution is 2.31. The second-order valence-electron chi connectivity index (χ2n) is 7.85. The number of pyridine rings is 1. The van der Waals surface area contributed by atoms with Gasteiger partial charge in [-0.25, -0.2) is 22.5 Å². The smallest absolute Gasteiger partial charge is 0.281 e. The number of nitrogens with zero attached hydrogens (tertiary/aromatic N) is 4. The van der Waals surface area contributed by atoms with Crippen LogP contribution >= 0.6 is 0 Å². The Kier molecular flexibility index (Phi) is 6.35. The number of hydrogen-bond donors (Lipinski definition) is 0. The molecule has 0 atom stereocenters. The molecule has 0 saturated carbocycles. The number of aromatic nitrogens is 3. The normalized spacial score (nSPS) is 13.6. The molecule has 3 aromatic rings. The number of rotatable bonds is 9. The Labute approximate surface area is 187 Å². The van der Waals surface area contributed by atoms with Gasteiger partial charge in [0.1, 0.15) is 12.1 Å². The van der Waals surface area contributed by atoms with Crippen molar-refractivity contribution in [2.75, 3.05) is 6.61 Å². The van der Waals surface area contributed by atoms with Crippen molar-refractivity contribution in [2.45, 2.75) is 45.3 Å². The van der Waals surface area contributed by atoms with Crippen LogP contribution < -0.4 is 4.74 Å². The van der Waals surface area contributed by atoms with E-state index in [1.54, 1.807) is 17.2 Å². The highest BCUT2D eigenvalue weighted by atomic mass is 19.3. The van der Waals surface area contributed by atoms with Crippen molar-refractivity contribution < 1.29 is 27.1 Å². The van der Waals surface area contributed by atoms with Crippen molar-refractivity contribution in [2.24, 2.45) is 0 Å². The van der Waals surface area contributed by atoms with Crippen LogP contribution in [0, 0.1) is 0 Å². The van der Waals surface area contributed by atoms with Crippen LogP contribution in [0.3, 0.4) is 0 Å². The maximum Gasteiger partial charge on any atom is 0.281 e. The third kappa shape index (κ3) is 5.15. The number of halogens is 4. The lowest BCUT2D eigenvalue weighted by Crippen LogP contribution is -2.26. The largest absolute Gasteiger partial charge is 0.471 e. The first-order chi connectivity index (χ1) is 15.8.